The average molecular weight is 511 g/mol. The molecule has 1 atom stereocenters. The van der Waals surface area contributed by atoms with Gasteiger partial charge in [0, 0.05) is 69.1 Å². The minimum Gasteiger partial charge on any atom is -0.435 e. The number of carbonyl (C=O) groups excluding carboxylic acids is 1. The van der Waals surface area contributed by atoms with Crippen molar-refractivity contribution in [2.24, 2.45) is 10.9 Å². The number of allylic oxidation sites excluding steroid dienone is 1. The number of anilines is 1. The predicted molar refractivity (Wildman–Crippen MR) is 136 cm³/mol. The van der Waals surface area contributed by atoms with Crippen LogP contribution < -0.4 is 20.7 Å². The van der Waals surface area contributed by atoms with Gasteiger partial charge < -0.3 is 30.6 Å². The molecular formula is C25H28F2N8O2. The highest BCUT2D eigenvalue weighted by atomic mass is 19.1. The zero-order valence-electron chi connectivity index (χ0n) is 20.6. The van der Waals surface area contributed by atoms with Gasteiger partial charge in [-0.25, -0.2) is 23.7 Å². The summed E-state index contributed by atoms with van der Waals surface area (Å²) in [5.41, 5.74) is 0.575. The summed E-state index contributed by atoms with van der Waals surface area (Å²) in [6.45, 7) is 6.63. The molecule has 1 aromatic carbocycles. The standard InChI is InChI=1S/C25H28F2N8O2/c1-14-9-16-21(27)18(10-17(26)22(16)33-14)37-25-20(24(36)28-2)23(31-13-32-25)34-19-4-3-15(11-30-19)12-35-7-5-29-6-8-35/h4,9-11,13,15,29,33H,3,5-8,12H2,1-2H3,(H,28,36)(H,31,32,34). The molecule has 0 spiro atoms. The molecule has 10 nitrogen and oxygen atoms in total. The molecule has 2 aliphatic heterocycles. The van der Waals surface area contributed by atoms with E-state index < -0.39 is 23.3 Å². The molecule has 2 aromatic heterocycles. The maximum atomic E-state index is 15.1. The summed E-state index contributed by atoms with van der Waals surface area (Å²) in [6, 6.07) is 2.40. The molecule has 0 saturated carbocycles. The van der Waals surface area contributed by atoms with Crippen LogP contribution in [0.1, 0.15) is 22.5 Å². The highest BCUT2D eigenvalue weighted by Crippen LogP contribution is 2.34. The third-order valence-corrected chi connectivity index (χ3v) is 6.36. The second kappa shape index (κ2) is 10.6. The molecule has 1 unspecified atom stereocenters. The molecule has 0 radical (unpaired) electrons. The van der Waals surface area contributed by atoms with Crippen molar-refractivity contribution in [3.05, 3.63) is 53.2 Å². The molecular weight excluding hydrogens is 482 g/mol. The van der Waals surface area contributed by atoms with Crippen molar-refractivity contribution in [3.8, 4) is 11.6 Å². The molecule has 4 heterocycles. The minimum atomic E-state index is -0.771. The molecule has 12 heteroatoms. The summed E-state index contributed by atoms with van der Waals surface area (Å²) in [4.78, 5) is 30.7. The number of halogens is 2. The largest absolute Gasteiger partial charge is 0.435 e. The molecule has 0 aliphatic carbocycles. The van der Waals surface area contributed by atoms with Gasteiger partial charge in [0.25, 0.3) is 5.91 Å². The van der Waals surface area contributed by atoms with Crippen molar-refractivity contribution in [3.63, 3.8) is 0 Å². The molecule has 2 aliphatic rings. The highest BCUT2D eigenvalue weighted by molar-refractivity contribution is 6.01. The first kappa shape index (κ1) is 24.8. The number of ether oxygens (including phenoxy) is 1. The summed E-state index contributed by atoms with van der Waals surface area (Å²) in [7, 11) is 1.44. The Kier molecular flexibility index (Phi) is 7.10. The van der Waals surface area contributed by atoms with Gasteiger partial charge in [0.2, 0.25) is 5.88 Å². The van der Waals surface area contributed by atoms with E-state index in [4.69, 9.17) is 4.74 Å². The van der Waals surface area contributed by atoms with Crippen LogP contribution >= 0.6 is 0 Å². The molecule has 5 rings (SSSR count). The van der Waals surface area contributed by atoms with E-state index in [0.29, 0.717) is 11.5 Å². The topological polar surface area (TPSA) is 120 Å². The van der Waals surface area contributed by atoms with Gasteiger partial charge in [0.05, 0.1) is 5.52 Å². The third kappa shape index (κ3) is 5.30. The average Bonchev–Trinajstić information content (AvgIpc) is 3.31. The zero-order valence-corrected chi connectivity index (χ0v) is 20.6. The molecule has 37 heavy (non-hydrogen) atoms. The number of nitrogens with one attached hydrogen (secondary N) is 4. The van der Waals surface area contributed by atoms with Gasteiger partial charge in [-0.15, -0.1) is 0 Å². The highest BCUT2D eigenvalue weighted by Gasteiger charge is 2.24. The normalized spacial score (nSPS) is 18.1. The summed E-state index contributed by atoms with van der Waals surface area (Å²) in [5, 5.41) is 8.95. The van der Waals surface area contributed by atoms with Crippen LogP contribution in [-0.4, -0.2) is 71.7 Å². The van der Waals surface area contributed by atoms with Crippen LogP contribution in [0.2, 0.25) is 0 Å². The number of benzene rings is 1. The lowest BCUT2D eigenvalue weighted by atomic mass is 10.0. The Balaban J connectivity index is 1.38. The number of H-pyrrole nitrogens is 1. The van der Waals surface area contributed by atoms with E-state index in [1.807, 2.05) is 12.3 Å². The quantitative estimate of drug-likeness (QED) is 0.386. The van der Waals surface area contributed by atoms with Crippen LogP contribution in [0.15, 0.2) is 35.3 Å². The molecule has 1 fully saturated rings. The number of aliphatic imine (C=N–C) groups is 1. The predicted octanol–water partition coefficient (Wildman–Crippen LogP) is 2.95. The van der Waals surface area contributed by atoms with Crippen molar-refractivity contribution in [2.45, 2.75) is 13.3 Å². The van der Waals surface area contributed by atoms with Crippen LogP contribution in [0, 0.1) is 24.5 Å². The number of piperazine rings is 1. The van der Waals surface area contributed by atoms with E-state index in [9.17, 15) is 9.18 Å². The molecule has 3 aromatic rings. The molecule has 1 amide bonds. The van der Waals surface area contributed by atoms with E-state index in [-0.39, 0.29) is 34.1 Å². The van der Waals surface area contributed by atoms with Crippen LogP contribution in [0.4, 0.5) is 14.6 Å². The number of carbonyl (C=O) groups is 1. The van der Waals surface area contributed by atoms with E-state index >= 15 is 4.39 Å². The van der Waals surface area contributed by atoms with E-state index in [2.05, 4.69) is 40.8 Å². The Morgan fingerprint density at radius 2 is 2.05 bits per heavy atom. The summed E-state index contributed by atoms with van der Waals surface area (Å²) in [5.74, 6) is -1.70. The fraction of sp³-hybridized carbons (Fsp3) is 0.360. The number of aromatic nitrogens is 3. The fourth-order valence-electron chi connectivity index (χ4n) is 4.50. The number of hydrogen-bond acceptors (Lipinski definition) is 8. The lowest BCUT2D eigenvalue weighted by Crippen LogP contribution is -2.45. The number of hydrogen-bond donors (Lipinski definition) is 4. The molecule has 194 valence electrons. The molecule has 0 bridgehead atoms. The third-order valence-electron chi connectivity index (χ3n) is 6.36. The number of amides is 1. The van der Waals surface area contributed by atoms with Gasteiger partial charge in [-0.1, -0.05) is 0 Å². The van der Waals surface area contributed by atoms with E-state index in [0.717, 1.165) is 45.2 Å². The smallest absolute Gasteiger partial charge is 0.260 e. The van der Waals surface area contributed by atoms with Crippen molar-refractivity contribution < 1.29 is 18.3 Å². The first-order valence-corrected chi connectivity index (χ1v) is 12.1. The maximum absolute atomic E-state index is 15.1. The van der Waals surface area contributed by atoms with E-state index in [1.54, 1.807) is 6.92 Å². The fourth-order valence-corrected chi connectivity index (χ4v) is 4.50. The molecule has 1 saturated heterocycles. The Hall–Kier alpha value is -3.90. The Morgan fingerprint density at radius 3 is 2.78 bits per heavy atom. The van der Waals surface area contributed by atoms with Crippen molar-refractivity contribution >= 4 is 28.8 Å². The summed E-state index contributed by atoms with van der Waals surface area (Å²) in [6.07, 6.45) is 5.80. The Labute approximate surface area is 212 Å². The Morgan fingerprint density at radius 1 is 1.24 bits per heavy atom. The SMILES string of the molecule is CNC(=O)c1c(NC2=CCC(CN3CCNCC3)C=N2)ncnc1Oc1cc(F)c2[nH]c(C)cc2c1F. The van der Waals surface area contributed by atoms with Crippen LogP contribution in [0.25, 0.3) is 10.9 Å². The number of aryl methyl sites for hydroxylation is 1. The van der Waals surface area contributed by atoms with Crippen LogP contribution in [0.3, 0.4) is 0 Å². The van der Waals surface area contributed by atoms with Gasteiger partial charge in [0.15, 0.2) is 23.2 Å². The number of fused-ring (bicyclic) bond motifs is 1. The lowest BCUT2D eigenvalue weighted by Gasteiger charge is -2.30. The van der Waals surface area contributed by atoms with Gasteiger partial charge in [-0.3, -0.25) is 4.79 Å². The van der Waals surface area contributed by atoms with Crippen molar-refractivity contribution in [1.29, 1.82) is 0 Å². The number of rotatable bonds is 7. The van der Waals surface area contributed by atoms with Crippen molar-refractivity contribution in [1.82, 2.24) is 30.5 Å². The first-order valence-electron chi connectivity index (χ1n) is 12.1. The minimum absolute atomic E-state index is 0.0382. The second-order valence-corrected chi connectivity index (χ2v) is 9.03. The summed E-state index contributed by atoms with van der Waals surface area (Å²) < 4.78 is 35.4. The van der Waals surface area contributed by atoms with Gasteiger partial charge in [-0.2, -0.15) is 0 Å². The van der Waals surface area contributed by atoms with Gasteiger partial charge in [-0.05, 0) is 25.5 Å². The van der Waals surface area contributed by atoms with Gasteiger partial charge >= 0.3 is 0 Å². The second-order valence-electron chi connectivity index (χ2n) is 9.03. The van der Waals surface area contributed by atoms with E-state index in [1.165, 1.54) is 19.4 Å². The molecule has 4 N–H and O–H groups in total. The van der Waals surface area contributed by atoms with Gasteiger partial charge in [0.1, 0.15) is 17.7 Å². The van der Waals surface area contributed by atoms with Crippen LogP contribution in [-0.2, 0) is 0 Å². The van der Waals surface area contributed by atoms with Crippen LogP contribution in [0.5, 0.6) is 11.6 Å². The monoisotopic (exact) mass is 510 g/mol. The zero-order chi connectivity index (χ0) is 25.9. The maximum Gasteiger partial charge on any atom is 0.260 e. The number of aromatic amines is 1. The summed E-state index contributed by atoms with van der Waals surface area (Å²) >= 11 is 0. The van der Waals surface area contributed by atoms with Crippen molar-refractivity contribution in [2.75, 3.05) is 45.1 Å². The number of nitrogens with zero attached hydrogens (tertiary/aromatic N) is 4. The Bertz CT molecular complexity index is 1380. The lowest BCUT2D eigenvalue weighted by molar-refractivity contribution is 0.0960. The first-order chi connectivity index (χ1) is 17.9.